The predicted octanol–water partition coefficient (Wildman–Crippen LogP) is 2.92. The number of nitrogens with zero attached hydrogens (tertiary/aromatic N) is 3. The van der Waals surface area contributed by atoms with Crippen LogP contribution < -0.4 is 11.1 Å². The Bertz CT molecular complexity index is 725. The van der Waals surface area contributed by atoms with Crippen LogP contribution in [0.1, 0.15) is 17.8 Å². The van der Waals surface area contributed by atoms with Gasteiger partial charge in [0.1, 0.15) is 4.84 Å². The molecule has 0 aliphatic carbocycles. The average molecular weight is 406 g/mol. The summed E-state index contributed by atoms with van der Waals surface area (Å²) in [5.74, 6) is 0.149. The molecule has 136 valence electrons. The third-order valence-electron chi connectivity index (χ3n) is 3.39. The van der Waals surface area contributed by atoms with Gasteiger partial charge < -0.3 is 11.1 Å². The SMILES string of the molecule is C=C(C[C@H](N)C(Cl)Cl)C(=O)Nc1cnc(-c2c(C)n[nH]c2C)nc1.Cl. The number of nitrogens with one attached hydrogen (secondary N) is 2. The van der Waals surface area contributed by atoms with Crippen LogP contribution in [0.2, 0.25) is 0 Å². The summed E-state index contributed by atoms with van der Waals surface area (Å²) in [6, 6.07) is -0.558. The molecule has 0 saturated heterocycles. The van der Waals surface area contributed by atoms with Crippen molar-refractivity contribution in [3.05, 3.63) is 35.9 Å². The smallest absolute Gasteiger partial charge is 0.251 e. The van der Waals surface area contributed by atoms with Crippen LogP contribution in [0.25, 0.3) is 11.4 Å². The van der Waals surface area contributed by atoms with Gasteiger partial charge in [-0.3, -0.25) is 9.89 Å². The molecule has 0 radical (unpaired) electrons. The number of rotatable bonds is 6. The lowest BCUT2D eigenvalue weighted by atomic mass is 10.1. The van der Waals surface area contributed by atoms with E-state index in [1.54, 1.807) is 0 Å². The first-order chi connectivity index (χ1) is 11.3. The first kappa shape index (κ1) is 21.4. The van der Waals surface area contributed by atoms with Gasteiger partial charge in [0, 0.05) is 17.3 Å². The van der Waals surface area contributed by atoms with Gasteiger partial charge in [0.05, 0.1) is 29.3 Å². The molecule has 2 aromatic heterocycles. The number of anilines is 1. The fraction of sp³-hybridized carbons (Fsp3) is 0.333. The number of halogens is 3. The molecule has 0 spiro atoms. The Morgan fingerprint density at radius 1 is 1.36 bits per heavy atom. The Morgan fingerprint density at radius 2 is 1.96 bits per heavy atom. The molecule has 0 aromatic carbocycles. The van der Waals surface area contributed by atoms with Crippen molar-refractivity contribution in [2.75, 3.05) is 5.32 Å². The molecule has 2 heterocycles. The summed E-state index contributed by atoms with van der Waals surface area (Å²) in [5, 5.41) is 9.65. The Morgan fingerprint density at radius 3 is 2.44 bits per heavy atom. The highest BCUT2D eigenvalue weighted by molar-refractivity contribution is 6.44. The van der Waals surface area contributed by atoms with Gasteiger partial charge in [0.15, 0.2) is 5.82 Å². The van der Waals surface area contributed by atoms with Crippen LogP contribution in [-0.4, -0.2) is 37.0 Å². The maximum absolute atomic E-state index is 12.1. The number of aryl methyl sites for hydroxylation is 2. The lowest BCUT2D eigenvalue weighted by Crippen LogP contribution is -2.30. The highest BCUT2D eigenvalue weighted by Crippen LogP contribution is 2.22. The highest BCUT2D eigenvalue weighted by Gasteiger charge is 2.17. The molecule has 0 fully saturated rings. The fourth-order valence-corrected chi connectivity index (χ4v) is 2.27. The van der Waals surface area contributed by atoms with E-state index in [1.165, 1.54) is 12.4 Å². The zero-order valence-electron chi connectivity index (χ0n) is 13.7. The third kappa shape index (κ3) is 5.40. The van der Waals surface area contributed by atoms with E-state index in [9.17, 15) is 4.79 Å². The van der Waals surface area contributed by atoms with Crippen molar-refractivity contribution in [2.45, 2.75) is 31.1 Å². The van der Waals surface area contributed by atoms with E-state index in [1.807, 2.05) is 13.8 Å². The molecular weight excluding hydrogens is 387 g/mol. The molecule has 2 aromatic rings. The molecule has 10 heteroatoms. The standard InChI is InChI=1S/C15H18Cl2N6O.ClH/c1-7(4-11(18)13(16)17)15(24)21-10-5-19-14(20-6-10)12-8(2)22-23-9(12)3;/h5-6,11,13H,1,4,18H2,2-3H3,(H,21,24)(H,22,23);1H/t11-;/m0./s1. The van der Waals surface area contributed by atoms with E-state index in [2.05, 4.69) is 32.1 Å². The summed E-state index contributed by atoms with van der Waals surface area (Å²) in [5.41, 5.74) is 8.97. The number of hydrogen-bond acceptors (Lipinski definition) is 5. The molecule has 1 amide bonds. The number of amides is 1. The van der Waals surface area contributed by atoms with Gasteiger partial charge >= 0.3 is 0 Å². The van der Waals surface area contributed by atoms with Gasteiger partial charge in [-0.05, 0) is 20.3 Å². The zero-order valence-corrected chi connectivity index (χ0v) is 16.0. The number of alkyl halides is 2. The highest BCUT2D eigenvalue weighted by atomic mass is 35.5. The van der Waals surface area contributed by atoms with Crippen molar-refractivity contribution in [1.82, 2.24) is 20.2 Å². The molecule has 25 heavy (non-hydrogen) atoms. The van der Waals surface area contributed by atoms with Crippen LogP contribution in [0.15, 0.2) is 24.5 Å². The third-order valence-corrected chi connectivity index (χ3v) is 4.04. The van der Waals surface area contributed by atoms with Gasteiger partial charge in [-0.1, -0.05) is 6.58 Å². The van der Waals surface area contributed by atoms with E-state index in [0.29, 0.717) is 11.5 Å². The van der Waals surface area contributed by atoms with Crippen LogP contribution in [0.5, 0.6) is 0 Å². The minimum absolute atomic E-state index is 0. The monoisotopic (exact) mass is 404 g/mol. The molecule has 0 aliphatic rings. The number of aromatic amines is 1. The zero-order chi connectivity index (χ0) is 17.9. The van der Waals surface area contributed by atoms with E-state index in [-0.39, 0.29) is 30.3 Å². The molecule has 2 rings (SSSR count). The van der Waals surface area contributed by atoms with E-state index in [4.69, 9.17) is 28.9 Å². The topological polar surface area (TPSA) is 110 Å². The van der Waals surface area contributed by atoms with Crippen LogP contribution in [-0.2, 0) is 4.79 Å². The second kappa shape index (κ2) is 9.15. The van der Waals surface area contributed by atoms with E-state index >= 15 is 0 Å². The fourth-order valence-electron chi connectivity index (χ4n) is 2.09. The first-order valence-electron chi connectivity index (χ1n) is 7.16. The molecule has 0 bridgehead atoms. The molecule has 4 N–H and O–H groups in total. The summed E-state index contributed by atoms with van der Waals surface area (Å²) in [6.45, 7) is 7.45. The summed E-state index contributed by atoms with van der Waals surface area (Å²) >= 11 is 11.3. The largest absolute Gasteiger partial charge is 0.325 e. The minimum atomic E-state index is -0.765. The minimum Gasteiger partial charge on any atom is -0.325 e. The predicted molar refractivity (Wildman–Crippen MR) is 102 cm³/mol. The number of carbonyl (C=O) groups is 1. The maximum Gasteiger partial charge on any atom is 0.251 e. The molecular formula is C15H19Cl3N6O. The second-order valence-electron chi connectivity index (χ2n) is 5.36. The molecule has 0 unspecified atom stereocenters. The Kier molecular flexibility index (Phi) is 7.82. The van der Waals surface area contributed by atoms with Crippen LogP contribution >= 0.6 is 35.6 Å². The summed E-state index contributed by atoms with van der Waals surface area (Å²) in [6.07, 6.45) is 3.23. The van der Waals surface area contributed by atoms with Crippen molar-refractivity contribution >= 4 is 47.2 Å². The van der Waals surface area contributed by atoms with Gasteiger partial charge in [-0.2, -0.15) is 5.10 Å². The number of carbonyl (C=O) groups excluding carboxylic acids is 1. The quantitative estimate of drug-likeness (QED) is 0.505. The first-order valence-corrected chi connectivity index (χ1v) is 8.03. The van der Waals surface area contributed by atoms with E-state index < -0.39 is 10.9 Å². The molecule has 0 aliphatic heterocycles. The van der Waals surface area contributed by atoms with Crippen molar-refractivity contribution < 1.29 is 4.79 Å². The number of nitrogens with two attached hydrogens (primary N) is 1. The lowest BCUT2D eigenvalue weighted by Gasteiger charge is -2.14. The maximum atomic E-state index is 12.1. The molecule has 0 saturated carbocycles. The number of H-pyrrole nitrogens is 1. The average Bonchev–Trinajstić information content (AvgIpc) is 2.87. The van der Waals surface area contributed by atoms with Gasteiger partial charge in [0.2, 0.25) is 0 Å². The molecule has 7 nitrogen and oxygen atoms in total. The number of hydrogen-bond donors (Lipinski definition) is 3. The molecule has 1 atom stereocenters. The van der Waals surface area contributed by atoms with Crippen LogP contribution in [0, 0.1) is 13.8 Å². The van der Waals surface area contributed by atoms with Crippen molar-refractivity contribution in [1.29, 1.82) is 0 Å². The Balaban J connectivity index is 0.00000312. The summed E-state index contributed by atoms with van der Waals surface area (Å²) < 4.78 is 0. The Hall–Kier alpha value is -1.67. The summed E-state index contributed by atoms with van der Waals surface area (Å²) in [7, 11) is 0. The van der Waals surface area contributed by atoms with Crippen LogP contribution in [0.4, 0.5) is 5.69 Å². The van der Waals surface area contributed by atoms with Gasteiger partial charge in [-0.15, -0.1) is 35.6 Å². The van der Waals surface area contributed by atoms with Crippen molar-refractivity contribution in [2.24, 2.45) is 5.73 Å². The lowest BCUT2D eigenvalue weighted by molar-refractivity contribution is -0.113. The van der Waals surface area contributed by atoms with Crippen molar-refractivity contribution in [3.63, 3.8) is 0 Å². The second-order valence-corrected chi connectivity index (χ2v) is 6.53. The van der Waals surface area contributed by atoms with Crippen molar-refractivity contribution in [3.8, 4) is 11.4 Å². The number of aromatic nitrogens is 4. The summed E-state index contributed by atoms with van der Waals surface area (Å²) in [4.78, 5) is 19.8. The van der Waals surface area contributed by atoms with Crippen LogP contribution in [0.3, 0.4) is 0 Å². The van der Waals surface area contributed by atoms with Gasteiger partial charge in [0.25, 0.3) is 5.91 Å². The van der Waals surface area contributed by atoms with E-state index in [0.717, 1.165) is 17.0 Å². The Labute approximate surface area is 161 Å². The normalized spacial score (nSPS) is 11.8. The van der Waals surface area contributed by atoms with Gasteiger partial charge in [-0.25, -0.2) is 9.97 Å².